The summed E-state index contributed by atoms with van der Waals surface area (Å²) in [5.41, 5.74) is 2.68. The van der Waals surface area contributed by atoms with Gasteiger partial charge in [0.1, 0.15) is 0 Å². The van der Waals surface area contributed by atoms with Crippen molar-refractivity contribution in [1.82, 2.24) is 15.5 Å². The summed E-state index contributed by atoms with van der Waals surface area (Å²) >= 11 is 0. The number of halogens is 1. The number of guanidine groups is 1. The summed E-state index contributed by atoms with van der Waals surface area (Å²) in [6, 6.07) is 9.46. The SMILES string of the molecule is CN=C(NCC1CCCN(C(C)C)C1)NCC(C)c1ccc(C)cc1.I. The van der Waals surface area contributed by atoms with E-state index in [2.05, 4.69) is 72.5 Å². The first kappa shape index (κ1) is 23.2. The molecule has 1 aliphatic heterocycles. The molecule has 2 atom stereocenters. The average molecular weight is 472 g/mol. The minimum Gasteiger partial charge on any atom is -0.356 e. The van der Waals surface area contributed by atoms with Crippen LogP contribution in [-0.4, -0.2) is 50.1 Å². The summed E-state index contributed by atoms with van der Waals surface area (Å²) in [6.07, 6.45) is 2.62. The molecule has 0 bridgehead atoms. The zero-order valence-electron chi connectivity index (χ0n) is 17.1. The molecule has 1 aliphatic rings. The standard InChI is InChI=1S/C21H36N4.HI/c1-16(2)25-12-6-7-19(15-25)14-24-21(22-5)23-13-18(4)20-10-8-17(3)9-11-20;/h8-11,16,18-19H,6-7,12-15H2,1-5H3,(H2,22,23,24);1H. The Morgan fingerprint density at radius 1 is 1.19 bits per heavy atom. The quantitative estimate of drug-likeness (QED) is 0.374. The topological polar surface area (TPSA) is 39.7 Å². The molecule has 0 aliphatic carbocycles. The maximum absolute atomic E-state index is 4.39. The van der Waals surface area contributed by atoms with Crippen molar-refractivity contribution in [3.63, 3.8) is 0 Å². The number of aliphatic imine (C=N–C) groups is 1. The van der Waals surface area contributed by atoms with Crippen LogP contribution in [0.5, 0.6) is 0 Å². The number of hydrogen-bond donors (Lipinski definition) is 2. The fourth-order valence-electron chi connectivity index (χ4n) is 3.46. The molecule has 1 saturated heterocycles. The van der Waals surface area contributed by atoms with Crippen LogP contribution in [0.2, 0.25) is 0 Å². The number of nitrogens with one attached hydrogen (secondary N) is 2. The highest BCUT2D eigenvalue weighted by Gasteiger charge is 2.21. The van der Waals surface area contributed by atoms with Crippen LogP contribution in [0.1, 0.15) is 50.7 Å². The van der Waals surface area contributed by atoms with Crippen LogP contribution in [0.4, 0.5) is 0 Å². The Kier molecular flexibility index (Phi) is 10.5. The lowest BCUT2D eigenvalue weighted by molar-refractivity contribution is 0.141. The van der Waals surface area contributed by atoms with E-state index in [1.54, 1.807) is 0 Å². The highest BCUT2D eigenvalue weighted by Crippen LogP contribution is 2.18. The first-order valence-corrected chi connectivity index (χ1v) is 9.74. The zero-order chi connectivity index (χ0) is 18.2. The second-order valence-corrected chi connectivity index (χ2v) is 7.74. The van der Waals surface area contributed by atoms with Crippen molar-refractivity contribution in [3.05, 3.63) is 35.4 Å². The molecule has 26 heavy (non-hydrogen) atoms. The molecule has 1 aromatic rings. The summed E-state index contributed by atoms with van der Waals surface area (Å²) in [4.78, 5) is 6.98. The Morgan fingerprint density at radius 3 is 2.50 bits per heavy atom. The van der Waals surface area contributed by atoms with Crippen LogP contribution in [-0.2, 0) is 0 Å². The monoisotopic (exact) mass is 472 g/mol. The fourth-order valence-corrected chi connectivity index (χ4v) is 3.46. The summed E-state index contributed by atoms with van der Waals surface area (Å²) in [5, 5.41) is 7.01. The molecule has 2 rings (SSSR count). The third kappa shape index (κ3) is 7.43. The summed E-state index contributed by atoms with van der Waals surface area (Å²) < 4.78 is 0. The van der Waals surface area contributed by atoms with Crippen molar-refractivity contribution in [3.8, 4) is 0 Å². The normalized spacial score (nSPS) is 19.8. The van der Waals surface area contributed by atoms with Crippen LogP contribution in [0, 0.1) is 12.8 Å². The van der Waals surface area contributed by atoms with Gasteiger partial charge in [0.2, 0.25) is 0 Å². The second-order valence-electron chi connectivity index (χ2n) is 7.74. The highest BCUT2D eigenvalue weighted by molar-refractivity contribution is 14.0. The molecule has 0 aromatic heterocycles. The third-order valence-corrected chi connectivity index (χ3v) is 5.28. The largest absolute Gasteiger partial charge is 0.356 e. The summed E-state index contributed by atoms with van der Waals surface area (Å²) in [7, 11) is 1.85. The van der Waals surface area contributed by atoms with Gasteiger partial charge >= 0.3 is 0 Å². The van der Waals surface area contributed by atoms with Crippen molar-refractivity contribution >= 4 is 29.9 Å². The van der Waals surface area contributed by atoms with Crippen molar-refractivity contribution in [2.45, 2.75) is 52.5 Å². The van der Waals surface area contributed by atoms with Gasteiger partial charge in [0, 0.05) is 32.7 Å². The van der Waals surface area contributed by atoms with E-state index >= 15 is 0 Å². The first-order chi connectivity index (χ1) is 12.0. The zero-order valence-corrected chi connectivity index (χ0v) is 19.4. The number of rotatable bonds is 6. The molecule has 1 fully saturated rings. The Labute approximate surface area is 177 Å². The number of aryl methyl sites for hydroxylation is 1. The molecule has 5 heteroatoms. The lowest BCUT2D eigenvalue weighted by Gasteiger charge is -2.35. The fraction of sp³-hybridized carbons (Fsp3) is 0.667. The molecule has 0 amide bonds. The number of piperidine rings is 1. The molecular formula is C21H37IN4. The van der Waals surface area contributed by atoms with Gasteiger partial charge in [-0.25, -0.2) is 0 Å². The first-order valence-electron chi connectivity index (χ1n) is 9.74. The van der Waals surface area contributed by atoms with Crippen molar-refractivity contribution in [2.24, 2.45) is 10.9 Å². The Balaban J connectivity index is 0.00000338. The molecule has 148 valence electrons. The minimum absolute atomic E-state index is 0. The second kappa shape index (κ2) is 11.8. The van der Waals surface area contributed by atoms with E-state index in [1.165, 1.54) is 37.1 Å². The number of nitrogens with zero attached hydrogens (tertiary/aromatic N) is 2. The van der Waals surface area contributed by atoms with Crippen molar-refractivity contribution in [2.75, 3.05) is 33.2 Å². The van der Waals surface area contributed by atoms with Crippen LogP contribution in [0.25, 0.3) is 0 Å². The van der Waals surface area contributed by atoms with E-state index < -0.39 is 0 Å². The lowest BCUT2D eigenvalue weighted by atomic mass is 9.97. The van der Waals surface area contributed by atoms with Gasteiger partial charge in [0.05, 0.1) is 0 Å². The van der Waals surface area contributed by atoms with E-state index in [-0.39, 0.29) is 24.0 Å². The van der Waals surface area contributed by atoms with Crippen LogP contribution < -0.4 is 10.6 Å². The highest BCUT2D eigenvalue weighted by atomic mass is 127. The summed E-state index contributed by atoms with van der Waals surface area (Å²) in [5.74, 6) is 2.09. The van der Waals surface area contributed by atoms with E-state index in [0.717, 1.165) is 19.0 Å². The molecule has 0 spiro atoms. The number of hydrogen-bond acceptors (Lipinski definition) is 2. The van der Waals surface area contributed by atoms with Gasteiger partial charge in [-0.1, -0.05) is 36.8 Å². The molecule has 2 unspecified atom stereocenters. The lowest BCUT2D eigenvalue weighted by Crippen LogP contribution is -2.46. The van der Waals surface area contributed by atoms with Crippen LogP contribution in [0.3, 0.4) is 0 Å². The molecule has 0 radical (unpaired) electrons. The molecule has 4 nitrogen and oxygen atoms in total. The van der Waals surface area contributed by atoms with E-state index in [9.17, 15) is 0 Å². The van der Waals surface area contributed by atoms with Gasteiger partial charge < -0.3 is 15.5 Å². The van der Waals surface area contributed by atoms with Crippen molar-refractivity contribution < 1.29 is 0 Å². The predicted molar refractivity (Wildman–Crippen MR) is 124 cm³/mol. The van der Waals surface area contributed by atoms with Crippen molar-refractivity contribution in [1.29, 1.82) is 0 Å². The third-order valence-electron chi connectivity index (χ3n) is 5.28. The molecule has 2 N–H and O–H groups in total. The molecule has 1 heterocycles. The van der Waals surface area contributed by atoms with Gasteiger partial charge in [-0.2, -0.15) is 0 Å². The van der Waals surface area contributed by atoms with Gasteiger partial charge in [-0.05, 0) is 57.6 Å². The van der Waals surface area contributed by atoms with Gasteiger partial charge in [0.15, 0.2) is 5.96 Å². The number of benzene rings is 1. The van der Waals surface area contributed by atoms with E-state index in [1.807, 2.05) is 7.05 Å². The average Bonchev–Trinajstić information content (AvgIpc) is 2.62. The van der Waals surface area contributed by atoms with Gasteiger partial charge in [-0.3, -0.25) is 4.99 Å². The Bertz CT molecular complexity index is 541. The van der Waals surface area contributed by atoms with Crippen LogP contribution >= 0.6 is 24.0 Å². The van der Waals surface area contributed by atoms with E-state index in [0.29, 0.717) is 17.9 Å². The molecule has 1 aromatic carbocycles. The predicted octanol–water partition coefficient (Wildman–Crippen LogP) is 4.00. The Morgan fingerprint density at radius 2 is 1.88 bits per heavy atom. The molecule has 0 saturated carbocycles. The van der Waals surface area contributed by atoms with E-state index in [4.69, 9.17) is 0 Å². The van der Waals surface area contributed by atoms with Crippen LogP contribution in [0.15, 0.2) is 29.3 Å². The van der Waals surface area contributed by atoms with Gasteiger partial charge in [-0.15, -0.1) is 24.0 Å². The Hall–Kier alpha value is -0.820. The van der Waals surface area contributed by atoms with Gasteiger partial charge in [0.25, 0.3) is 0 Å². The summed E-state index contributed by atoms with van der Waals surface area (Å²) in [6.45, 7) is 13.3. The maximum Gasteiger partial charge on any atom is 0.191 e. The smallest absolute Gasteiger partial charge is 0.191 e. The minimum atomic E-state index is 0. The maximum atomic E-state index is 4.39. The number of likely N-dealkylation sites (tertiary alicyclic amines) is 1. The molecular weight excluding hydrogens is 435 g/mol.